The molecule has 0 saturated carbocycles. The van der Waals surface area contributed by atoms with E-state index in [1.54, 1.807) is 6.07 Å². The van der Waals surface area contributed by atoms with Crippen LogP contribution in [0.4, 0.5) is 4.39 Å². The summed E-state index contributed by atoms with van der Waals surface area (Å²) in [5, 5.41) is 3.09. The Labute approximate surface area is 115 Å². The van der Waals surface area contributed by atoms with E-state index in [0.29, 0.717) is 19.0 Å². The minimum absolute atomic E-state index is 0.0363. The van der Waals surface area contributed by atoms with E-state index >= 15 is 0 Å². The number of rotatable bonds is 6. The van der Waals surface area contributed by atoms with E-state index < -0.39 is 0 Å². The second-order valence-corrected chi connectivity index (χ2v) is 5.50. The van der Waals surface area contributed by atoms with Gasteiger partial charge in [0.15, 0.2) is 0 Å². The maximum absolute atomic E-state index is 13.3. The third-order valence-electron chi connectivity index (χ3n) is 2.75. The fourth-order valence-electron chi connectivity index (χ4n) is 1.64. The van der Waals surface area contributed by atoms with E-state index in [0.717, 1.165) is 5.56 Å². The fourth-order valence-corrected chi connectivity index (χ4v) is 1.64. The van der Waals surface area contributed by atoms with E-state index in [9.17, 15) is 4.39 Å². The SMILES string of the molecule is CNC(C)c1cc(F)ccc1OCCOC(C)(C)C. The summed E-state index contributed by atoms with van der Waals surface area (Å²) in [6, 6.07) is 4.61. The average Bonchev–Trinajstić information content (AvgIpc) is 2.33. The molecule has 1 atom stereocenters. The van der Waals surface area contributed by atoms with E-state index in [-0.39, 0.29) is 17.5 Å². The monoisotopic (exact) mass is 269 g/mol. The molecule has 0 saturated heterocycles. The lowest BCUT2D eigenvalue weighted by Crippen LogP contribution is -2.23. The van der Waals surface area contributed by atoms with Crippen LogP contribution in [0.1, 0.15) is 39.3 Å². The molecule has 0 amide bonds. The molecular formula is C15H24FNO2. The molecule has 3 nitrogen and oxygen atoms in total. The van der Waals surface area contributed by atoms with Crippen LogP contribution in [0.25, 0.3) is 0 Å². The lowest BCUT2D eigenvalue weighted by atomic mass is 10.1. The molecule has 1 rings (SSSR count). The Balaban J connectivity index is 2.62. The fraction of sp³-hybridized carbons (Fsp3) is 0.600. The molecule has 1 aromatic carbocycles. The minimum atomic E-state index is -0.254. The van der Waals surface area contributed by atoms with Crippen molar-refractivity contribution in [3.63, 3.8) is 0 Å². The van der Waals surface area contributed by atoms with Crippen LogP contribution in [-0.2, 0) is 4.74 Å². The summed E-state index contributed by atoms with van der Waals surface area (Å²) in [6.45, 7) is 8.92. The van der Waals surface area contributed by atoms with Gasteiger partial charge in [0.1, 0.15) is 18.2 Å². The third kappa shape index (κ3) is 5.57. The molecule has 0 radical (unpaired) electrons. The zero-order valence-corrected chi connectivity index (χ0v) is 12.4. The molecule has 0 aromatic heterocycles. The van der Waals surface area contributed by atoms with E-state index in [2.05, 4.69) is 5.32 Å². The van der Waals surface area contributed by atoms with Gasteiger partial charge in [-0.1, -0.05) is 0 Å². The Morgan fingerprint density at radius 2 is 1.95 bits per heavy atom. The molecule has 0 aliphatic rings. The van der Waals surface area contributed by atoms with Crippen LogP contribution in [-0.4, -0.2) is 25.9 Å². The number of hydrogen-bond donors (Lipinski definition) is 1. The Kier molecular flexibility index (Phi) is 5.76. The lowest BCUT2D eigenvalue weighted by molar-refractivity contribution is -0.0164. The molecule has 1 unspecified atom stereocenters. The molecule has 0 fully saturated rings. The highest BCUT2D eigenvalue weighted by Crippen LogP contribution is 2.25. The largest absolute Gasteiger partial charge is 0.491 e. The number of ether oxygens (including phenoxy) is 2. The molecule has 0 heterocycles. The van der Waals surface area contributed by atoms with Crippen molar-refractivity contribution in [2.75, 3.05) is 20.3 Å². The van der Waals surface area contributed by atoms with Crippen molar-refractivity contribution in [2.45, 2.75) is 39.3 Å². The zero-order valence-electron chi connectivity index (χ0n) is 12.4. The lowest BCUT2D eigenvalue weighted by Gasteiger charge is -2.21. The van der Waals surface area contributed by atoms with Crippen LogP contribution in [0.2, 0.25) is 0 Å². The highest BCUT2D eigenvalue weighted by molar-refractivity contribution is 5.36. The Morgan fingerprint density at radius 1 is 1.26 bits per heavy atom. The molecule has 108 valence electrons. The van der Waals surface area contributed by atoms with Crippen LogP contribution in [0, 0.1) is 5.82 Å². The van der Waals surface area contributed by atoms with E-state index in [4.69, 9.17) is 9.47 Å². The van der Waals surface area contributed by atoms with Crippen molar-refractivity contribution in [3.8, 4) is 5.75 Å². The van der Waals surface area contributed by atoms with Crippen molar-refractivity contribution >= 4 is 0 Å². The number of nitrogens with one attached hydrogen (secondary N) is 1. The van der Waals surface area contributed by atoms with Crippen LogP contribution in [0.3, 0.4) is 0 Å². The Bertz CT molecular complexity index is 402. The van der Waals surface area contributed by atoms with Gasteiger partial charge in [0.25, 0.3) is 0 Å². The summed E-state index contributed by atoms with van der Waals surface area (Å²) >= 11 is 0. The molecule has 1 N–H and O–H groups in total. The summed E-state index contributed by atoms with van der Waals surface area (Å²) in [7, 11) is 1.84. The second kappa shape index (κ2) is 6.87. The van der Waals surface area contributed by atoms with Crippen molar-refractivity contribution < 1.29 is 13.9 Å². The van der Waals surface area contributed by atoms with E-state index in [1.807, 2.05) is 34.7 Å². The molecule has 0 bridgehead atoms. The summed E-state index contributed by atoms with van der Waals surface area (Å²) < 4.78 is 24.5. The van der Waals surface area contributed by atoms with Gasteiger partial charge in [0.05, 0.1) is 12.2 Å². The Hall–Kier alpha value is -1.13. The van der Waals surface area contributed by atoms with E-state index in [1.165, 1.54) is 12.1 Å². The van der Waals surface area contributed by atoms with Crippen LogP contribution in [0.5, 0.6) is 5.75 Å². The first-order valence-electron chi connectivity index (χ1n) is 6.57. The van der Waals surface area contributed by atoms with Gasteiger partial charge in [-0.25, -0.2) is 4.39 Å². The van der Waals surface area contributed by atoms with Gasteiger partial charge in [-0.2, -0.15) is 0 Å². The first kappa shape index (κ1) is 15.9. The molecule has 0 spiro atoms. The predicted octanol–water partition coefficient (Wildman–Crippen LogP) is 3.30. The number of hydrogen-bond acceptors (Lipinski definition) is 3. The summed E-state index contributed by atoms with van der Waals surface area (Å²) in [4.78, 5) is 0. The van der Waals surface area contributed by atoms with Gasteiger partial charge >= 0.3 is 0 Å². The molecule has 1 aromatic rings. The zero-order chi connectivity index (χ0) is 14.5. The van der Waals surface area contributed by atoms with Gasteiger partial charge in [-0.3, -0.25) is 0 Å². The van der Waals surface area contributed by atoms with Gasteiger partial charge < -0.3 is 14.8 Å². The van der Waals surface area contributed by atoms with Crippen LogP contribution >= 0.6 is 0 Å². The van der Waals surface area contributed by atoms with Crippen molar-refractivity contribution in [1.82, 2.24) is 5.32 Å². The maximum Gasteiger partial charge on any atom is 0.124 e. The van der Waals surface area contributed by atoms with Gasteiger partial charge in [0, 0.05) is 11.6 Å². The first-order chi connectivity index (χ1) is 8.83. The van der Waals surface area contributed by atoms with Gasteiger partial charge in [-0.15, -0.1) is 0 Å². The maximum atomic E-state index is 13.3. The highest BCUT2D eigenvalue weighted by atomic mass is 19.1. The summed E-state index contributed by atoms with van der Waals surface area (Å²) in [5.74, 6) is 0.441. The summed E-state index contributed by atoms with van der Waals surface area (Å²) in [6.07, 6.45) is 0. The van der Waals surface area contributed by atoms with Gasteiger partial charge in [-0.05, 0) is 52.9 Å². The smallest absolute Gasteiger partial charge is 0.124 e. The van der Waals surface area contributed by atoms with Crippen molar-refractivity contribution in [1.29, 1.82) is 0 Å². The molecule has 0 aliphatic carbocycles. The van der Waals surface area contributed by atoms with Gasteiger partial charge in [0.2, 0.25) is 0 Å². The second-order valence-electron chi connectivity index (χ2n) is 5.50. The number of halogens is 1. The van der Waals surface area contributed by atoms with Crippen LogP contribution in [0.15, 0.2) is 18.2 Å². The standard InChI is InChI=1S/C15H24FNO2/c1-11(17-5)13-10-12(16)6-7-14(13)18-8-9-19-15(2,3)4/h6-7,10-11,17H,8-9H2,1-5H3. The summed E-state index contributed by atoms with van der Waals surface area (Å²) in [5.41, 5.74) is 0.644. The molecule has 0 aliphatic heterocycles. The predicted molar refractivity (Wildman–Crippen MR) is 75.1 cm³/mol. The average molecular weight is 269 g/mol. The normalized spacial score (nSPS) is 13.4. The minimum Gasteiger partial charge on any atom is -0.491 e. The van der Waals surface area contributed by atoms with Crippen molar-refractivity contribution in [2.24, 2.45) is 0 Å². The highest BCUT2D eigenvalue weighted by Gasteiger charge is 2.13. The Morgan fingerprint density at radius 3 is 2.53 bits per heavy atom. The van der Waals surface area contributed by atoms with Crippen molar-refractivity contribution in [3.05, 3.63) is 29.6 Å². The van der Waals surface area contributed by atoms with Crippen LogP contribution < -0.4 is 10.1 Å². The third-order valence-corrected chi connectivity index (χ3v) is 2.75. The first-order valence-corrected chi connectivity index (χ1v) is 6.57. The topological polar surface area (TPSA) is 30.5 Å². The quantitative estimate of drug-likeness (QED) is 0.804. The molecular weight excluding hydrogens is 245 g/mol. The molecule has 19 heavy (non-hydrogen) atoms. The molecule has 4 heteroatoms. The number of benzene rings is 1.